The molecule has 0 N–H and O–H groups in total. The average Bonchev–Trinajstić information content (AvgIpc) is 3.54. The highest BCUT2D eigenvalue weighted by Crippen LogP contribution is 2.56. The van der Waals surface area contributed by atoms with Crippen LogP contribution in [-0.4, -0.2) is 25.7 Å². The molecule has 4 rings (SSSR count). The molecule has 1 fully saturated rings. The van der Waals surface area contributed by atoms with Gasteiger partial charge in [-0.25, -0.2) is 4.79 Å². The largest absolute Gasteiger partial charge is 0.480 e. The second kappa shape index (κ2) is 7.74. The molecule has 2 aromatic carbocycles. The maximum absolute atomic E-state index is 12.9. The van der Waals surface area contributed by atoms with E-state index >= 15 is 0 Å². The first-order chi connectivity index (χ1) is 14.1. The smallest absolute Gasteiger partial charge is 0.337 e. The Morgan fingerprint density at radius 3 is 2.00 bits per heavy atom. The second-order valence-corrected chi connectivity index (χ2v) is 7.47. The van der Waals surface area contributed by atoms with E-state index in [1.807, 2.05) is 60.7 Å². The number of ether oxygens (including phenoxy) is 3. The van der Waals surface area contributed by atoms with E-state index in [-0.39, 0.29) is 12.5 Å². The number of rotatable bonds is 6. The Morgan fingerprint density at radius 1 is 1.00 bits per heavy atom. The molecular weight excluding hydrogens is 368 g/mol. The predicted molar refractivity (Wildman–Crippen MR) is 107 cm³/mol. The lowest BCUT2D eigenvalue weighted by Crippen LogP contribution is -2.39. The topological polar surface area (TPSA) is 61.8 Å². The quantitative estimate of drug-likeness (QED) is 0.696. The third kappa shape index (κ3) is 3.41. The second-order valence-electron chi connectivity index (χ2n) is 7.47. The van der Waals surface area contributed by atoms with Crippen LogP contribution < -0.4 is 0 Å². The number of benzene rings is 2. The summed E-state index contributed by atoms with van der Waals surface area (Å²) in [5.41, 5.74) is 1.31. The van der Waals surface area contributed by atoms with Gasteiger partial charge in [0.15, 0.2) is 5.60 Å². The highest BCUT2D eigenvalue weighted by molar-refractivity contribution is 5.91. The summed E-state index contributed by atoms with van der Waals surface area (Å²) in [5, 5.41) is 0. The van der Waals surface area contributed by atoms with Gasteiger partial charge in [0.2, 0.25) is 0 Å². The number of methoxy groups -OCH3 is 1. The van der Waals surface area contributed by atoms with Gasteiger partial charge in [-0.2, -0.15) is 0 Å². The van der Waals surface area contributed by atoms with Gasteiger partial charge in [0.25, 0.3) is 0 Å². The van der Waals surface area contributed by atoms with E-state index in [0.29, 0.717) is 11.3 Å². The fourth-order valence-electron chi connectivity index (χ4n) is 4.14. The molecule has 150 valence electrons. The Morgan fingerprint density at radius 2 is 1.55 bits per heavy atom. The van der Waals surface area contributed by atoms with Crippen LogP contribution in [0.4, 0.5) is 0 Å². The summed E-state index contributed by atoms with van der Waals surface area (Å²) < 4.78 is 17.3. The number of carbonyl (C=O) groups is 2. The summed E-state index contributed by atoms with van der Waals surface area (Å²) in [4.78, 5) is 24.5. The molecule has 1 heterocycles. The van der Waals surface area contributed by atoms with Crippen LogP contribution in [0.3, 0.4) is 0 Å². The molecule has 1 atom stereocenters. The minimum atomic E-state index is -0.973. The number of hydrogen-bond donors (Lipinski definition) is 0. The maximum atomic E-state index is 12.9. The molecular formula is C24H24O5. The summed E-state index contributed by atoms with van der Waals surface area (Å²) in [6, 6.07) is 19.6. The molecule has 2 aromatic rings. The molecule has 0 bridgehead atoms. The molecule has 0 spiro atoms. The molecule has 1 unspecified atom stereocenters. The van der Waals surface area contributed by atoms with Crippen molar-refractivity contribution >= 4 is 11.9 Å². The van der Waals surface area contributed by atoms with Gasteiger partial charge in [-0.15, -0.1) is 0 Å². The molecule has 1 aliphatic heterocycles. The van der Waals surface area contributed by atoms with Gasteiger partial charge in [-0.3, -0.25) is 4.79 Å². The highest BCUT2D eigenvalue weighted by Gasteiger charge is 2.57. The zero-order valence-electron chi connectivity index (χ0n) is 16.6. The monoisotopic (exact) mass is 392 g/mol. The minimum Gasteiger partial charge on any atom is -0.480 e. The Bertz CT molecular complexity index is 889. The van der Waals surface area contributed by atoms with Crippen molar-refractivity contribution in [3.8, 4) is 0 Å². The van der Waals surface area contributed by atoms with Crippen LogP contribution in [-0.2, 0) is 29.4 Å². The van der Waals surface area contributed by atoms with Crippen LogP contribution in [0.2, 0.25) is 0 Å². The average molecular weight is 392 g/mol. The molecule has 0 radical (unpaired) electrons. The van der Waals surface area contributed by atoms with E-state index in [1.54, 1.807) is 0 Å². The lowest BCUT2D eigenvalue weighted by atomic mass is 9.74. The molecule has 0 saturated heterocycles. The third-order valence-electron chi connectivity index (χ3n) is 5.59. The van der Waals surface area contributed by atoms with Crippen molar-refractivity contribution < 1.29 is 23.8 Å². The molecule has 5 nitrogen and oxygen atoms in total. The van der Waals surface area contributed by atoms with Gasteiger partial charge < -0.3 is 14.2 Å². The number of esters is 2. The first kappa shape index (κ1) is 19.2. The van der Waals surface area contributed by atoms with Crippen molar-refractivity contribution in [2.24, 2.45) is 11.8 Å². The summed E-state index contributed by atoms with van der Waals surface area (Å²) in [6.07, 6.45) is 1.94. The summed E-state index contributed by atoms with van der Waals surface area (Å²) in [7, 11) is 1.37. The van der Waals surface area contributed by atoms with E-state index in [1.165, 1.54) is 14.0 Å². The maximum Gasteiger partial charge on any atom is 0.337 e. The van der Waals surface area contributed by atoms with Gasteiger partial charge in [0.05, 0.1) is 18.6 Å². The molecule has 0 aromatic heterocycles. The fourth-order valence-corrected chi connectivity index (χ4v) is 4.14. The van der Waals surface area contributed by atoms with E-state index in [0.717, 1.165) is 24.0 Å². The van der Waals surface area contributed by atoms with E-state index in [2.05, 4.69) is 0 Å². The summed E-state index contributed by atoms with van der Waals surface area (Å²) in [6.45, 7) is 1.39. The molecule has 1 aliphatic carbocycles. The van der Waals surface area contributed by atoms with Gasteiger partial charge in [-0.1, -0.05) is 60.7 Å². The van der Waals surface area contributed by atoms with E-state index in [4.69, 9.17) is 14.2 Å². The third-order valence-corrected chi connectivity index (χ3v) is 5.59. The van der Waals surface area contributed by atoms with Crippen molar-refractivity contribution in [1.29, 1.82) is 0 Å². The Hall–Kier alpha value is -3.08. The predicted octanol–water partition coefficient (Wildman–Crippen LogP) is 3.98. The first-order valence-corrected chi connectivity index (χ1v) is 9.83. The number of allylic oxidation sites excluding steroid dienone is 1. The molecule has 2 aliphatic rings. The fraction of sp³-hybridized carbons (Fsp3) is 0.333. The number of hydrogen-bond acceptors (Lipinski definition) is 5. The molecule has 0 amide bonds. The lowest BCUT2D eigenvalue weighted by molar-refractivity contribution is -0.145. The zero-order valence-corrected chi connectivity index (χ0v) is 16.6. The minimum absolute atomic E-state index is 0.0276. The normalized spacial score (nSPS) is 20.1. The molecule has 29 heavy (non-hydrogen) atoms. The van der Waals surface area contributed by atoms with Crippen molar-refractivity contribution in [3.05, 3.63) is 83.1 Å². The van der Waals surface area contributed by atoms with Gasteiger partial charge in [-0.05, 0) is 12.8 Å². The standard InChI is InChI=1S/C24H24O5/c1-16(25)28-15-20-21(23(26)27-2)22(17-13-14-17)29-24(20,18-9-5-3-6-10-18)19-11-7-4-8-12-19/h3-12,17,20H,13-15H2,1-2H3. The summed E-state index contributed by atoms with van der Waals surface area (Å²) >= 11 is 0. The number of carbonyl (C=O) groups excluding carboxylic acids is 2. The van der Waals surface area contributed by atoms with E-state index in [9.17, 15) is 9.59 Å². The van der Waals surface area contributed by atoms with E-state index < -0.39 is 23.5 Å². The Labute approximate surface area is 170 Å². The van der Waals surface area contributed by atoms with Crippen molar-refractivity contribution in [2.75, 3.05) is 13.7 Å². The van der Waals surface area contributed by atoms with Crippen molar-refractivity contribution in [1.82, 2.24) is 0 Å². The lowest BCUT2D eigenvalue weighted by Gasteiger charge is -2.36. The van der Waals surface area contributed by atoms with Crippen molar-refractivity contribution in [2.45, 2.75) is 25.4 Å². The Balaban J connectivity index is 1.93. The van der Waals surface area contributed by atoms with Crippen LogP contribution in [0.1, 0.15) is 30.9 Å². The van der Waals surface area contributed by atoms with Gasteiger partial charge in [0, 0.05) is 24.0 Å². The van der Waals surface area contributed by atoms with Crippen LogP contribution in [0.5, 0.6) is 0 Å². The molecule has 1 saturated carbocycles. The highest BCUT2D eigenvalue weighted by atomic mass is 16.5. The van der Waals surface area contributed by atoms with Gasteiger partial charge >= 0.3 is 11.9 Å². The van der Waals surface area contributed by atoms with Gasteiger partial charge in [0.1, 0.15) is 12.4 Å². The molecule has 5 heteroatoms. The van der Waals surface area contributed by atoms with Crippen LogP contribution in [0, 0.1) is 11.8 Å². The SMILES string of the molecule is COC(=O)C1=C(C2CC2)OC(c2ccccc2)(c2ccccc2)C1COC(C)=O. The summed E-state index contributed by atoms with van der Waals surface area (Å²) in [5.74, 6) is -0.485. The van der Waals surface area contributed by atoms with Crippen molar-refractivity contribution in [3.63, 3.8) is 0 Å². The van der Waals surface area contributed by atoms with Crippen LogP contribution >= 0.6 is 0 Å². The van der Waals surface area contributed by atoms with Crippen LogP contribution in [0.25, 0.3) is 0 Å². The van der Waals surface area contributed by atoms with Crippen LogP contribution in [0.15, 0.2) is 72.0 Å². The first-order valence-electron chi connectivity index (χ1n) is 9.83. The Kier molecular flexibility index (Phi) is 5.14. The zero-order chi connectivity index (χ0) is 20.4.